The number of aliphatic hydroxyl groups is 1. The third-order valence-corrected chi connectivity index (χ3v) is 8.83. The molecule has 0 bridgehead atoms. The minimum atomic E-state index is -0.751. The number of anilines is 1. The fraction of sp³-hybridized carbons (Fsp3) is 0.536. The number of ether oxygens (including phenoxy) is 1. The SMILES string of the molecule is C=CC[C@]1(O)CC[C@H]2[C@@H]3OCC4=CC(=O)CCC4=C3C(c3ccc(N(C)C)cc3)C[C@@]21C. The van der Waals surface area contributed by atoms with Gasteiger partial charge in [0.05, 0.1) is 18.3 Å². The molecule has 2 fully saturated rings. The maximum atomic E-state index is 12.1. The monoisotopic (exact) mass is 433 g/mol. The zero-order valence-electron chi connectivity index (χ0n) is 19.6. The van der Waals surface area contributed by atoms with Gasteiger partial charge in [-0.15, -0.1) is 6.58 Å². The van der Waals surface area contributed by atoms with E-state index in [9.17, 15) is 9.90 Å². The van der Waals surface area contributed by atoms with E-state index in [0.29, 0.717) is 19.4 Å². The lowest BCUT2D eigenvalue weighted by molar-refractivity contribution is -0.117. The highest BCUT2D eigenvalue weighted by Gasteiger charge is 2.63. The predicted octanol–water partition coefficient (Wildman–Crippen LogP) is 4.95. The summed E-state index contributed by atoms with van der Waals surface area (Å²) in [7, 11) is 4.11. The first-order chi connectivity index (χ1) is 15.3. The largest absolute Gasteiger partial charge is 0.389 e. The maximum Gasteiger partial charge on any atom is 0.156 e. The van der Waals surface area contributed by atoms with E-state index >= 15 is 0 Å². The molecule has 2 saturated carbocycles. The van der Waals surface area contributed by atoms with Crippen molar-refractivity contribution in [1.82, 2.24) is 0 Å². The van der Waals surface area contributed by atoms with Gasteiger partial charge in [-0.1, -0.05) is 25.1 Å². The highest BCUT2D eigenvalue weighted by Crippen LogP contribution is 2.65. The van der Waals surface area contributed by atoms with Crippen molar-refractivity contribution in [1.29, 1.82) is 0 Å². The molecule has 5 atom stereocenters. The molecule has 1 aromatic carbocycles. The van der Waals surface area contributed by atoms with Crippen molar-refractivity contribution >= 4 is 11.5 Å². The Morgan fingerprint density at radius 3 is 2.69 bits per heavy atom. The Labute approximate surface area is 191 Å². The fourth-order valence-corrected chi connectivity index (χ4v) is 6.98. The highest BCUT2D eigenvalue weighted by atomic mass is 16.5. The average molecular weight is 434 g/mol. The molecule has 5 rings (SSSR count). The molecule has 1 heterocycles. The van der Waals surface area contributed by atoms with Crippen molar-refractivity contribution in [3.8, 4) is 0 Å². The molecule has 1 unspecified atom stereocenters. The molecule has 170 valence electrons. The number of rotatable bonds is 4. The van der Waals surface area contributed by atoms with Crippen molar-refractivity contribution in [3.63, 3.8) is 0 Å². The van der Waals surface area contributed by atoms with Crippen LogP contribution >= 0.6 is 0 Å². The number of nitrogens with zero attached hydrogens (tertiary/aromatic N) is 1. The molecule has 0 amide bonds. The summed E-state index contributed by atoms with van der Waals surface area (Å²) in [5, 5.41) is 11.8. The number of carbonyl (C=O) groups is 1. The summed E-state index contributed by atoms with van der Waals surface area (Å²) in [6, 6.07) is 8.84. The Balaban J connectivity index is 1.65. The lowest BCUT2D eigenvalue weighted by Gasteiger charge is -2.54. The minimum absolute atomic E-state index is 0.00599. The summed E-state index contributed by atoms with van der Waals surface area (Å²) in [5.74, 6) is 0.672. The molecule has 1 aliphatic heterocycles. The van der Waals surface area contributed by atoms with Crippen LogP contribution in [0, 0.1) is 11.3 Å². The van der Waals surface area contributed by atoms with E-state index in [1.54, 1.807) is 0 Å². The number of allylic oxidation sites excluding steroid dienone is 1. The van der Waals surface area contributed by atoms with Crippen molar-refractivity contribution in [2.45, 2.75) is 63.1 Å². The number of hydrogen-bond acceptors (Lipinski definition) is 4. The minimum Gasteiger partial charge on any atom is -0.389 e. The van der Waals surface area contributed by atoms with Crippen LogP contribution in [0.25, 0.3) is 0 Å². The third-order valence-electron chi connectivity index (χ3n) is 8.83. The van der Waals surface area contributed by atoms with Gasteiger partial charge in [0.1, 0.15) is 0 Å². The van der Waals surface area contributed by atoms with Gasteiger partial charge in [-0.05, 0) is 78.5 Å². The molecule has 4 nitrogen and oxygen atoms in total. The molecule has 0 aromatic heterocycles. The number of hydrogen-bond donors (Lipinski definition) is 1. The summed E-state index contributed by atoms with van der Waals surface area (Å²) < 4.78 is 6.54. The van der Waals surface area contributed by atoms with Crippen LogP contribution in [0.4, 0.5) is 5.69 Å². The van der Waals surface area contributed by atoms with E-state index in [4.69, 9.17) is 4.74 Å². The van der Waals surface area contributed by atoms with Crippen LogP contribution in [0.5, 0.6) is 0 Å². The summed E-state index contributed by atoms with van der Waals surface area (Å²) >= 11 is 0. The summed E-state index contributed by atoms with van der Waals surface area (Å²) in [6.07, 6.45) is 8.35. The van der Waals surface area contributed by atoms with E-state index in [1.807, 2.05) is 12.2 Å². The molecule has 0 saturated heterocycles. The zero-order chi connectivity index (χ0) is 22.7. The summed E-state index contributed by atoms with van der Waals surface area (Å²) in [5.41, 5.74) is 5.26. The van der Waals surface area contributed by atoms with Gasteiger partial charge >= 0.3 is 0 Å². The fourth-order valence-electron chi connectivity index (χ4n) is 6.98. The van der Waals surface area contributed by atoms with Crippen LogP contribution in [-0.4, -0.2) is 43.3 Å². The molecule has 0 radical (unpaired) electrons. The Kier molecular flexibility index (Phi) is 5.22. The zero-order valence-corrected chi connectivity index (χ0v) is 19.6. The maximum absolute atomic E-state index is 12.1. The first-order valence-corrected chi connectivity index (χ1v) is 12.0. The summed E-state index contributed by atoms with van der Waals surface area (Å²) in [6.45, 7) is 6.72. The molecule has 0 spiro atoms. The van der Waals surface area contributed by atoms with Gasteiger partial charge in [0.15, 0.2) is 5.78 Å². The van der Waals surface area contributed by atoms with Gasteiger partial charge < -0.3 is 14.7 Å². The van der Waals surface area contributed by atoms with Gasteiger partial charge in [-0.3, -0.25) is 4.79 Å². The number of carbonyl (C=O) groups excluding carboxylic acids is 1. The Morgan fingerprint density at radius 2 is 2.00 bits per heavy atom. The van der Waals surface area contributed by atoms with E-state index in [2.05, 4.69) is 56.8 Å². The normalized spacial score (nSPS) is 36.2. The molecule has 32 heavy (non-hydrogen) atoms. The van der Waals surface area contributed by atoms with Crippen LogP contribution in [0.2, 0.25) is 0 Å². The Morgan fingerprint density at radius 1 is 1.25 bits per heavy atom. The molecule has 4 aliphatic rings. The van der Waals surface area contributed by atoms with Gasteiger partial charge in [-0.2, -0.15) is 0 Å². The first kappa shape index (κ1) is 21.7. The number of ketones is 1. The van der Waals surface area contributed by atoms with Crippen molar-refractivity contribution in [2.75, 3.05) is 25.6 Å². The topological polar surface area (TPSA) is 49.8 Å². The van der Waals surface area contributed by atoms with Crippen LogP contribution < -0.4 is 4.90 Å². The molecule has 3 aliphatic carbocycles. The lowest BCUT2D eigenvalue weighted by atomic mass is 9.55. The first-order valence-electron chi connectivity index (χ1n) is 12.0. The number of fused-ring (bicyclic) bond motifs is 4. The van der Waals surface area contributed by atoms with Gasteiger partial charge in [0, 0.05) is 37.5 Å². The van der Waals surface area contributed by atoms with Crippen molar-refractivity contribution < 1.29 is 14.6 Å². The second-order valence-corrected chi connectivity index (χ2v) is 10.6. The van der Waals surface area contributed by atoms with E-state index in [-0.39, 0.29) is 29.1 Å². The third kappa shape index (κ3) is 3.14. The van der Waals surface area contributed by atoms with E-state index in [1.165, 1.54) is 22.4 Å². The van der Waals surface area contributed by atoms with Gasteiger partial charge in [0.25, 0.3) is 0 Å². The standard InChI is InChI=1S/C28H35NO3/c1-5-13-28(31)14-12-24-26-25(22-11-10-21(30)15-19(22)17-32-26)23(16-27(24,28)2)18-6-8-20(9-7-18)29(3)4/h5-9,15,23-24,26,31H,1,10-14,16-17H2,2-4H3/t23?,24-,26-,27-,28-/m0/s1. The van der Waals surface area contributed by atoms with Crippen LogP contribution in [0.1, 0.15) is 56.9 Å². The predicted molar refractivity (Wildman–Crippen MR) is 128 cm³/mol. The summed E-state index contributed by atoms with van der Waals surface area (Å²) in [4.78, 5) is 14.2. The molecule has 1 aromatic rings. The Bertz CT molecular complexity index is 1000. The average Bonchev–Trinajstić information content (AvgIpc) is 3.03. The Hall–Kier alpha value is -2.17. The van der Waals surface area contributed by atoms with Crippen molar-refractivity contribution in [3.05, 3.63) is 65.3 Å². The quantitative estimate of drug-likeness (QED) is 0.683. The van der Waals surface area contributed by atoms with E-state index in [0.717, 1.165) is 31.3 Å². The van der Waals surface area contributed by atoms with Gasteiger partial charge in [-0.25, -0.2) is 0 Å². The molecule has 4 heteroatoms. The van der Waals surface area contributed by atoms with Crippen LogP contribution in [0.3, 0.4) is 0 Å². The second kappa shape index (κ2) is 7.71. The van der Waals surface area contributed by atoms with E-state index < -0.39 is 5.60 Å². The number of benzene rings is 1. The second-order valence-electron chi connectivity index (χ2n) is 10.6. The molecule has 1 N–H and O–H groups in total. The van der Waals surface area contributed by atoms with Crippen molar-refractivity contribution in [2.24, 2.45) is 11.3 Å². The molecular weight excluding hydrogens is 398 g/mol. The lowest BCUT2D eigenvalue weighted by Crippen LogP contribution is -2.54. The highest BCUT2D eigenvalue weighted by molar-refractivity contribution is 5.93. The molecular formula is C28H35NO3. The van der Waals surface area contributed by atoms with Crippen LogP contribution in [0.15, 0.2) is 59.7 Å². The van der Waals surface area contributed by atoms with Crippen LogP contribution in [-0.2, 0) is 9.53 Å². The van der Waals surface area contributed by atoms with Gasteiger partial charge in [0.2, 0.25) is 0 Å². The smallest absolute Gasteiger partial charge is 0.156 e.